The summed E-state index contributed by atoms with van der Waals surface area (Å²) >= 11 is 1.49. The van der Waals surface area contributed by atoms with Crippen molar-refractivity contribution in [3.05, 3.63) is 42.4 Å². The Morgan fingerprint density at radius 2 is 2.10 bits per heavy atom. The lowest BCUT2D eigenvalue weighted by molar-refractivity contribution is 0.425. The lowest BCUT2D eigenvalue weighted by Gasteiger charge is -1.92. The predicted octanol–water partition coefficient (Wildman–Crippen LogP) is 2.74. The molecule has 0 aliphatic rings. The van der Waals surface area contributed by atoms with E-state index in [0.29, 0.717) is 17.5 Å². The molecule has 0 saturated heterocycles. The molecule has 3 rings (SSSR count). The van der Waals surface area contributed by atoms with E-state index in [9.17, 15) is 4.21 Å². The van der Waals surface area contributed by atoms with Crippen molar-refractivity contribution in [1.29, 1.82) is 0 Å². The lowest BCUT2D eigenvalue weighted by atomic mass is 10.2. The fourth-order valence-corrected chi connectivity index (χ4v) is 3.01. The molecule has 2 heterocycles. The Morgan fingerprint density at radius 1 is 1.30 bits per heavy atom. The molecule has 1 unspecified atom stereocenters. The van der Waals surface area contributed by atoms with Gasteiger partial charge in [-0.2, -0.15) is 4.98 Å². The van der Waals surface area contributed by atoms with E-state index >= 15 is 0 Å². The Balaban J connectivity index is 1.87. The van der Waals surface area contributed by atoms with Gasteiger partial charge in [-0.15, -0.1) is 11.3 Å². The maximum Gasteiger partial charge on any atom is 0.269 e. The summed E-state index contributed by atoms with van der Waals surface area (Å²) in [6.07, 6.45) is 3.32. The van der Waals surface area contributed by atoms with Gasteiger partial charge < -0.3 is 4.52 Å². The van der Waals surface area contributed by atoms with E-state index in [1.54, 1.807) is 12.5 Å². The summed E-state index contributed by atoms with van der Waals surface area (Å²) in [7, 11) is -0.981. The smallest absolute Gasteiger partial charge is 0.269 e. The molecule has 0 aliphatic carbocycles. The first-order valence-electron chi connectivity index (χ1n) is 5.86. The van der Waals surface area contributed by atoms with Gasteiger partial charge in [0.15, 0.2) is 5.82 Å². The van der Waals surface area contributed by atoms with Gasteiger partial charge in [-0.3, -0.25) is 4.21 Å². The Hall–Kier alpha value is -1.86. The largest absolute Gasteiger partial charge is 0.333 e. The molecule has 0 fully saturated rings. The van der Waals surface area contributed by atoms with E-state index in [1.165, 1.54) is 11.3 Å². The molecule has 0 aliphatic heterocycles. The molecule has 0 radical (unpaired) electrons. The summed E-state index contributed by atoms with van der Waals surface area (Å²) < 4.78 is 16.3. The normalized spacial score (nSPS) is 12.4. The van der Waals surface area contributed by atoms with Crippen molar-refractivity contribution < 1.29 is 8.73 Å². The van der Waals surface area contributed by atoms with Crippen LogP contribution >= 0.6 is 11.3 Å². The van der Waals surface area contributed by atoms with Crippen molar-refractivity contribution in [2.75, 3.05) is 6.26 Å². The third-order valence-electron chi connectivity index (χ3n) is 2.54. The second-order valence-corrected chi connectivity index (χ2v) is 6.59. The van der Waals surface area contributed by atoms with Crippen molar-refractivity contribution >= 4 is 22.1 Å². The zero-order valence-corrected chi connectivity index (χ0v) is 12.3. The number of aromatic nitrogens is 3. The van der Waals surface area contributed by atoms with Crippen LogP contribution in [0.25, 0.3) is 21.3 Å². The summed E-state index contributed by atoms with van der Waals surface area (Å²) in [6.45, 7) is 0. The highest BCUT2D eigenvalue weighted by Crippen LogP contribution is 2.30. The summed E-state index contributed by atoms with van der Waals surface area (Å²) in [4.78, 5) is 9.40. The summed E-state index contributed by atoms with van der Waals surface area (Å²) in [5, 5.41) is 4.72. The van der Waals surface area contributed by atoms with Gasteiger partial charge in [0.2, 0.25) is 0 Å². The first-order chi connectivity index (χ1) is 9.72. The van der Waals surface area contributed by atoms with Crippen LogP contribution in [0.15, 0.2) is 41.1 Å². The SMILES string of the molecule is CS(=O)Cc1noc(-c2cnc(-c3ccccc3)s2)n1. The standard InChI is InChI=1S/C13H11N3O2S2/c1-20(17)8-11-15-12(18-16-11)10-7-14-13(19-10)9-5-3-2-4-6-9/h2-7H,8H2,1H3. The summed E-state index contributed by atoms with van der Waals surface area (Å²) in [5.74, 6) is 1.18. The highest BCUT2D eigenvalue weighted by atomic mass is 32.2. The summed E-state index contributed by atoms with van der Waals surface area (Å²) in [6, 6.07) is 9.91. The molecule has 1 atom stereocenters. The fourth-order valence-electron chi connectivity index (χ4n) is 1.68. The lowest BCUT2D eigenvalue weighted by Crippen LogP contribution is -1.93. The molecule has 7 heteroatoms. The highest BCUT2D eigenvalue weighted by Gasteiger charge is 2.13. The van der Waals surface area contributed by atoms with Gasteiger partial charge >= 0.3 is 0 Å². The molecule has 1 aromatic carbocycles. The van der Waals surface area contributed by atoms with Gasteiger partial charge in [-0.05, 0) is 0 Å². The maximum atomic E-state index is 11.1. The van der Waals surface area contributed by atoms with Crippen molar-refractivity contribution in [3.63, 3.8) is 0 Å². The Morgan fingerprint density at radius 3 is 2.85 bits per heavy atom. The number of nitrogens with zero attached hydrogens (tertiary/aromatic N) is 3. The number of hydrogen-bond donors (Lipinski definition) is 0. The second-order valence-electron chi connectivity index (χ2n) is 4.13. The van der Waals surface area contributed by atoms with Crippen LogP contribution in [0.2, 0.25) is 0 Å². The first-order valence-corrected chi connectivity index (χ1v) is 8.41. The minimum Gasteiger partial charge on any atom is -0.333 e. The number of benzene rings is 1. The van der Waals surface area contributed by atoms with E-state index in [4.69, 9.17) is 4.52 Å². The zero-order chi connectivity index (χ0) is 13.9. The number of rotatable bonds is 4. The average Bonchev–Trinajstić information content (AvgIpc) is 3.07. The molecule has 2 aromatic heterocycles. The van der Waals surface area contributed by atoms with Crippen molar-refractivity contribution in [3.8, 4) is 21.3 Å². The van der Waals surface area contributed by atoms with Crippen LogP contribution in [0.1, 0.15) is 5.82 Å². The van der Waals surface area contributed by atoms with Crippen molar-refractivity contribution in [2.45, 2.75) is 5.75 Å². The molecule has 0 spiro atoms. The first kappa shape index (κ1) is 13.1. The van der Waals surface area contributed by atoms with Crippen molar-refractivity contribution in [1.82, 2.24) is 15.1 Å². The number of hydrogen-bond acceptors (Lipinski definition) is 6. The minimum absolute atomic E-state index is 0.299. The molecule has 3 aromatic rings. The van der Waals surface area contributed by atoms with Gasteiger partial charge in [0.1, 0.15) is 9.88 Å². The number of thiazole rings is 1. The van der Waals surface area contributed by atoms with Crippen LogP contribution < -0.4 is 0 Å². The molecule has 20 heavy (non-hydrogen) atoms. The van der Waals surface area contributed by atoms with Gasteiger partial charge in [0.25, 0.3) is 5.89 Å². The van der Waals surface area contributed by atoms with Crippen LogP contribution in [-0.2, 0) is 16.6 Å². The van der Waals surface area contributed by atoms with Crippen LogP contribution in [0.3, 0.4) is 0 Å². The van der Waals surface area contributed by atoms with Gasteiger partial charge in [0, 0.05) is 22.6 Å². The van der Waals surface area contributed by atoms with Crippen LogP contribution in [0.4, 0.5) is 0 Å². The van der Waals surface area contributed by atoms with Gasteiger partial charge in [0.05, 0.1) is 11.9 Å². The van der Waals surface area contributed by atoms with E-state index in [2.05, 4.69) is 15.1 Å². The third kappa shape index (κ3) is 2.83. The monoisotopic (exact) mass is 305 g/mol. The molecule has 5 nitrogen and oxygen atoms in total. The molecule has 0 N–H and O–H groups in total. The Kier molecular flexibility index (Phi) is 3.70. The van der Waals surface area contributed by atoms with Crippen molar-refractivity contribution in [2.24, 2.45) is 0 Å². The fraction of sp³-hybridized carbons (Fsp3) is 0.154. The quantitative estimate of drug-likeness (QED) is 0.741. The van der Waals surface area contributed by atoms with Crippen LogP contribution in [-0.4, -0.2) is 25.6 Å². The van der Waals surface area contributed by atoms with Crippen LogP contribution in [0.5, 0.6) is 0 Å². The molecule has 102 valence electrons. The Bertz CT molecular complexity index is 737. The van der Waals surface area contributed by atoms with Gasteiger partial charge in [-0.1, -0.05) is 35.5 Å². The topological polar surface area (TPSA) is 68.9 Å². The van der Waals surface area contributed by atoms with E-state index in [0.717, 1.165) is 15.4 Å². The average molecular weight is 305 g/mol. The molecular formula is C13H11N3O2S2. The highest BCUT2D eigenvalue weighted by molar-refractivity contribution is 7.83. The van der Waals surface area contributed by atoms with E-state index < -0.39 is 10.8 Å². The van der Waals surface area contributed by atoms with Gasteiger partial charge in [-0.25, -0.2) is 4.98 Å². The van der Waals surface area contributed by atoms with Crippen LogP contribution in [0, 0.1) is 0 Å². The molecule has 0 bridgehead atoms. The predicted molar refractivity (Wildman–Crippen MR) is 78.6 cm³/mol. The molecule has 0 amide bonds. The maximum absolute atomic E-state index is 11.1. The second kappa shape index (κ2) is 5.64. The van der Waals surface area contributed by atoms with E-state index in [-0.39, 0.29) is 0 Å². The minimum atomic E-state index is -0.981. The Labute approximate surface area is 122 Å². The molecular weight excluding hydrogens is 294 g/mol. The zero-order valence-electron chi connectivity index (χ0n) is 10.6. The summed E-state index contributed by atoms with van der Waals surface area (Å²) in [5.41, 5.74) is 1.05. The third-order valence-corrected chi connectivity index (χ3v) is 4.24. The molecule has 0 saturated carbocycles. The van der Waals surface area contributed by atoms with E-state index in [1.807, 2.05) is 30.3 Å².